The van der Waals surface area contributed by atoms with Gasteiger partial charge in [0, 0.05) is 58.5 Å². The van der Waals surface area contributed by atoms with Crippen LogP contribution in [0.2, 0.25) is 0 Å². The Hall–Kier alpha value is -1.63. The van der Waals surface area contributed by atoms with Crippen LogP contribution in [0.3, 0.4) is 0 Å². The topological polar surface area (TPSA) is 58.1 Å². The number of ether oxygens (including phenoxy) is 2. The fourth-order valence-corrected chi connectivity index (χ4v) is 3.97. The van der Waals surface area contributed by atoms with E-state index in [1.54, 1.807) is 7.11 Å². The molecule has 2 N–H and O–H groups in total. The molecule has 0 saturated carbocycles. The van der Waals surface area contributed by atoms with E-state index in [2.05, 4.69) is 60.7 Å². The van der Waals surface area contributed by atoms with Crippen molar-refractivity contribution in [1.29, 1.82) is 0 Å². The number of nitrogens with one attached hydrogen (secondary N) is 2. The lowest BCUT2D eigenvalue weighted by atomic mass is 9.72. The molecule has 0 radical (unpaired) electrons. The van der Waals surface area contributed by atoms with E-state index in [0.29, 0.717) is 0 Å². The summed E-state index contributed by atoms with van der Waals surface area (Å²) in [5.74, 6) is 0.900. The van der Waals surface area contributed by atoms with E-state index in [4.69, 9.17) is 14.5 Å². The van der Waals surface area contributed by atoms with Gasteiger partial charge in [0.1, 0.15) is 0 Å². The predicted octanol–water partition coefficient (Wildman–Crippen LogP) is 2.57. The van der Waals surface area contributed by atoms with E-state index in [0.717, 1.165) is 77.8 Å². The van der Waals surface area contributed by atoms with Crippen LogP contribution in [0.25, 0.3) is 0 Å². The summed E-state index contributed by atoms with van der Waals surface area (Å²) >= 11 is 0. The van der Waals surface area contributed by atoms with Gasteiger partial charge in [-0.3, -0.25) is 4.99 Å². The van der Waals surface area contributed by atoms with Gasteiger partial charge in [-0.15, -0.1) is 0 Å². The van der Waals surface area contributed by atoms with Crippen LogP contribution in [-0.4, -0.2) is 77.6 Å². The molecule has 0 atom stereocenters. The Labute approximate surface area is 177 Å². The third-order valence-corrected chi connectivity index (χ3v) is 5.72. The van der Waals surface area contributed by atoms with Crippen molar-refractivity contribution >= 4 is 5.96 Å². The number of benzene rings is 1. The van der Waals surface area contributed by atoms with Crippen LogP contribution in [0.4, 0.5) is 0 Å². The highest BCUT2D eigenvalue weighted by Gasteiger charge is 2.35. The molecule has 1 aromatic carbocycles. The molecule has 0 spiro atoms. The van der Waals surface area contributed by atoms with Crippen molar-refractivity contribution in [3.63, 3.8) is 0 Å². The van der Waals surface area contributed by atoms with Crippen LogP contribution >= 0.6 is 0 Å². The van der Waals surface area contributed by atoms with Crippen molar-refractivity contribution in [2.75, 3.05) is 66.7 Å². The van der Waals surface area contributed by atoms with E-state index < -0.39 is 0 Å². The number of rotatable bonds is 11. The summed E-state index contributed by atoms with van der Waals surface area (Å²) in [7, 11) is 3.90. The van der Waals surface area contributed by atoms with Crippen molar-refractivity contribution in [1.82, 2.24) is 15.5 Å². The van der Waals surface area contributed by atoms with E-state index in [9.17, 15) is 0 Å². The Balaban J connectivity index is 1.99. The van der Waals surface area contributed by atoms with Crippen molar-refractivity contribution in [3.8, 4) is 0 Å². The molecule has 0 bridgehead atoms. The van der Waals surface area contributed by atoms with Gasteiger partial charge in [-0.1, -0.05) is 24.3 Å². The van der Waals surface area contributed by atoms with E-state index in [1.165, 1.54) is 11.1 Å². The zero-order valence-electron chi connectivity index (χ0n) is 18.8. The SMILES string of the molecule is CCNC(=NCC1(c2ccccc2C)CCOCC1)NCCN(C)CCCOC. The lowest BCUT2D eigenvalue weighted by Crippen LogP contribution is -2.43. The molecule has 1 aromatic rings. The molecule has 1 saturated heterocycles. The first-order valence-electron chi connectivity index (χ1n) is 10.9. The number of nitrogens with zero attached hydrogens (tertiary/aromatic N) is 2. The molecule has 29 heavy (non-hydrogen) atoms. The van der Waals surface area contributed by atoms with Crippen LogP contribution in [0.5, 0.6) is 0 Å². The highest BCUT2D eigenvalue weighted by atomic mass is 16.5. The van der Waals surface area contributed by atoms with Crippen LogP contribution in [-0.2, 0) is 14.9 Å². The molecule has 0 unspecified atom stereocenters. The summed E-state index contributed by atoms with van der Waals surface area (Å²) in [4.78, 5) is 7.32. The van der Waals surface area contributed by atoms with Gasteiger partial charge in [0.05, 0.1) is 6.54 Å². The smallest absolute Gasteiger partial charge is 0.191 e. The second-order valence-corrected chi connectivity index (χ2v) is 7.98. The highest BCUT2D eigenvalue weighted by Crippen LogP contribution is 2.36. The minimum Gasteiger partial charge on any atom is -0.385 e. The van der Waals surface area contributed by atoms with E-state index in [-0.39, 0.29) is 5.41 Å². The highest BCUT2D eigenvalue weighted by molar-refractivity contribution is 5.79. The molecular weight excluding hydrogens is 364 g/mol. The number of likely N-dealkylation sites (N-methyl/N-ethyl adjacent to an activating group) is 1. The monoisotopic (exact) mass is 404 g/mol. The molecule has 164 valence electrons. The maximum absolute atomic E-state index is 5.68. The lowest BCUT2D eigenvalue weighted by Gasteiger charge is -2.37. The van der Waals surface area contributed by atoms with E-state index >= 15 is 0 Å². The molecule has 1 aliphatic rings. The maximum Gasteiger partial charge on any atom is 0.191 e. The second-order valence-electron chi connectivity index (χ2n) is 7.98. The van der Waals surface area contributed by atoms with Crippen LogP contribution in [0.15, 0.2) is 29.3 Å². The summed E-state index contributed by atoms with van der Waals surface area (Å²) in [6, 6.07) is 8.74. The fraction of sp³-hybridized carbons (Fsp3) is 0.696. The Bertz CT molecular complexity index is 615. The number of hydrogen-bond donors (Lipinski definition) is 2. The van der Waals surface area contributed by atoms with Crippen molar-refractivity contribution in [2.45, 2.75) is 38.5 Å². The first-order valence-corrected chi connectivity index (χ1v) is 10.9. The molecule has 1 aliphatic heterocycles. The van der Waals surface area contributed by atoms with Gasteiger partial charge >= 0.3 is 0 Å². The molecule has 0 aliphatic carbocycles. The first kappa shape index (κ1) is 23.6. The molecule has 6 nitrogen and oxygen atoms in total. The predicted molar refractivity (Wildman–Crippen MR) is 121 cm³/mol. The number of aryl methyl sites for hydroxylation is 1. The van der Waals surface area contributed by atoms with Crippen LogP contribution in [0, 0.1) is 6.92 Å². The van der Waals surface area contributed by atoms with Gasteiger partial charge in [0.25, 0.3) is 0 Å². The van der Waals surface area contributed by atoms with Crippen LogP contribution < -0.4 is 10.6 Å². The Morgan fingerprint density at radius 2 is 1.97 bits per heavy atom. The molecule has 0 aromatic heterocycles. The molecule has 2 rings (SSSR count). The summed E-state index contributed by atoms with van der Waals surface area (Å²) in [5.41, 5.74) is 2.82. The quantitative estimate of drug-likeness (QED) is 0.337. The van der Waals surface area contributed by atoms with Gasteiger partial charge in [-0.2, -0.15) is 0 Å². The standard InChI is InChI=1S/C23H40N4O2/c1-5-24-22(25-13-15-27(3)14-8-16-28-4)26-19-23(11-17-29-18-12-23)21-10-7-6-9-20(21)2/h6-7,9-10H,5,8,11-19H2,1-4H3,(H2,24,25,26). The summed E-state index contributed by atoms with van der Waals surface area (Å²) < 4.78 is 10.8. The van der Waals surface area contributed by atoms with Crippen molar-refractivity contribution in [3.05, 3.63) is 35.4 Å². The van der Waals surface area contributed by atoms with E-state index in [1.807, 2.05) is 0 Å². The first-order chi connectivity index (χ1) is 14.1. The average molecular weight is 405 g/mol. The van der Waals surface area contributed by atoms with Gasteiger partial charge in [0.2, 0.25) is 0 Å². The zero-order valence-corrected chi connectivity index (χ0v) is 18.8. The van der Waals surface area contributed by atoms with Gasteiger partial charge in [-0.05, 0) is 51.3 Å². The van der Waals surface area contributed by atoms with Crippen molar-refractivity contribution < 1.29 is 9.47 Å². The number of hydrogen-bond acceptors (Lipinski definition) is 4. The third-order valence-electron chi connectivity index (χ3n) is 5.72. The Kier molecular flexibility index (Phi) is 10.5. The lowest BCUT2D eigenvalue weighted by molar-refractivity contribution is 0.0529. The number of methoxy groups -OCH3 is 1. The maximum atomic E-state index is 5.68. The van der Waals surface area contributed by atoms with Crippen molar-refractivity contribution in [2.24, 2.45) is 4.99 Å². The minimum atomic E-state index is 0.0584. The average Bonchev–Trinajstić information content (AvgIpc) is 2.73. The number of aliphatic imine (C=N–C) groups is 1. The number of guanidine groups is 1. The fourth-order valence-electron chi connectivity index (χ4n) is 3.97. The molecule has 1 heterocycles. The molecule has 1 fully saturated rings. The minimum absolute atomic E-state index is 0.0584. The zero-order chi connectivity index (χ0) is 21.0. The summed E-state index contributed by atoms with van der Waals surface area (Å²) in [6.45, 7) is 11.3. The summed E-state index contributed by atoms with van der Waals surface area (Å²) in [5, 5.41) is 6.90. The van der Waals surface area contributed by atoms with Crippen LogP contribution in [0.1, 0.15) is 37.3 Å². The Morgan fingerprint density at radius 1 is 1.21 bits per heavy atom. The van der Waals surface area contributed by atoms with Gasteiger partial charge in [0.15, 0.2) is 5.96 Å². The molecule has 6 heteroatoms. The Morgan fingerprint density at radius 3 is 2.66 bits per heavy atom. The second kappa shape index (κ2) is 12.8. The third kappa shape index (κ3) is 7.61. The largest absolute Gasteiger partial charge is 0.385 e. The summed E-state index contributed by atoms with van der Waals surface area (Å²) in [6.07, 6.45) is 3.09. The molecule has 0 amide bonds. The van der Waals surface area contributed by atoms with Gasteiger partial charge < -0.3 is 25.0 Å². The normalized spacial score (nSPS) is 16.8. The molecular formula is C23H40N4O2. The van der Waals surface area contributed by atoms with Gasteiger partial charge in [-0.25, -0.2) is 0 Å².